The molecule has 0 fully saturated rings. The van der Waals surface area contributed by atoms with Crippen molar-refractivity contribution in [3.8, 4) is 5.75 Å². The van der Waals surface area contributed by atoms with E-state index in [1.165, 1.54) is 18.2 Å². The van der Waals surface area contributed by atoms with Gasteiger partial charge < -0.3 is 10.1 Å². The molecule has 0 aliphatic carbocycles. The molecule has 0 heterocycles. The molecule has 0 saturated carbocycles. The van der Waals surface area contributed by atoms with E-state index in [1.807, 2.05) is 31.2 Å². The van der Waals surface area contributed by atoms with Crippen LogP contribution in [0.1, 0.15) is 18.9 Å². The van der Waals surface area contributed by atoms with Gasteiger partial charge in [0.2, 0.25) is 5.91 Å². The number of anilines is 1. The first-order valence-corrected chi connectivity index (χ1v) is 7.15. The summed E-state index contributed by atoms with van der Waals surface area (Å²) in [5.74, 6) is 0.0233. The van der Waals surface area contributed by atoms with Gasteiger partial charge in [0.25, 0.3) is 0 Å². The fourth-order valence-corrected chi connectivity index (χ4v) is 1.88. The molecule has 0 spiro atoms. The Hall–Kier alpha value is -2.62. The third kappa shape index (κ3) is 4.74. The molecule has 0 aromatic heterocycles. The van der Waals surface area contributed by atoms with Crippen molar-refractivity contribution in [1.29, 1.82) is 0 Å². The van der Waals surface area contributed by atoms with E-state index in [1.54, 1.807) is 18.2 Å². The summed E-state index contributed by atoms with van der Waals surface area (Å²) in [6.07, 6.45) is 4.00. The molecular weight excluding hydrogens is 281 g/mol. The van der Waals surface area contributed by atoms with Gasteiger partial charge in [-0.3, -0.25) is 4.79 Å². The fraction of sp³-hybridized carbons (Fsp3) is 0.167. The van der Waals surface area contributed by atoms with Crippen LogP contribution in [-0.4, -0.2) is 12.5 Å². The average Bonchev–Trinajstić information content (AvgIpc) is 2.51. The summed E-state index contributed by atoms with van der Waals surface area (Å²) in [6.45, 7) is 2.66. The van der Waals surface area contributed by atoms with E-state index in [0.717, 1.165) is 17.7 Å². The Balaban J connectivity index is 2.03. The highest BCUT2D eigenvalue weighted by Crippen LogP contribution is 2.19. The number of halogens is 1. The van der Waals surface area contributed by atoms with Crippen LogP contribution in [0.3, 0.4) is 0 Å². The van der Waals surface area contributed by atoms with Crippen LogP contribution in [0, 0.1) is 5.82 Å². The minimum atomic E-state index is -0.389. The SMILES string of the molecule is CCCOc1ccccc1/C=C/C(=O)Nc1cccc(F)c1. The molecule has 0 unspecified atom stereocenters. The zero-order chi connectivity index (χ0) is 15.8. The topological polar surface area (TPSA) is 38.3 Å². The van der Waals surface area contributed by atoms with Gasteiger partial charge in [-0.15, -0.1) is 0 Å². The first kappa shape index (κ1) is 15.8. The molecule has 2 aromatic carbocycles. The Morgan fingerprint density at radius 2 is 2.05 bits per heavy atom. The normalized spacial score (nSPS) is 10.6. The summed E-state index contributed by atoms with van der Waals surface area (Å²) >= 11 is 0. The minimum absolute atomic E-state index is 0.323. The average molecular weight is 299 g/mol. The molecule has 2 rings (SSSR count). The van der Waals surface area contributed by atoms with E-state index in [-0.39, 0.29) is 11.7 Å². The lowest BCUT2D eigenvalue weighted by molar-refractivity contribution is -0.111. The molecule has 0 aliphatic rings. The molecule has 0 atom stereocenters. The van der Waals surface area contributed by atoms with Crippen LogP contribution in [0.5, 0.6) is 5.75 Å². The first-order valence-electron chi connectivity index (χ1n) is 7.15. The number of para-hydroxylation sites is 1. The summed E-state index contributed by atoms with van der Waals surface area (Å²) in [5.41, 5.74) is 1.25. The largest absolute Gasteiger partial charge is 0.493 e. The fourth-order valence-electron chi connectivity index (χ4n) is 1.88. The van der Waals surface area contributed by atoms with Crippen LogP contribution in [-0.2, 0) is 4.79 Å². The summed E-state index contributed by atoms with van der Waals surface area (Å²) in [6, 6.07) is 13.3. The first-order chi connectivity index (χ1) is 10.7. The number of ether oxygens (including phenoxy) is 1. The maximum atomic E-state index is 13.1. The lowest BCUT2D eigenvalue weighted by Crippen LogP contribution is -2.07. The number of benzene rings is 2. The smallest absolute Gasteiger partial charge is 0.248 e. The van der Waals surface area contributed by atoms with Gasteiger partial charge in [0.15, 0.2) is 0 Å². The lowest BCUT2D eigenvalue weighted by Gasteiger charge is -2.07. The molecule has 2 aromatic rings. The van der Waals surface area contributed by atoms with Crippen molar-refractivity contribution in [2.75, 3.05) is 11.9 Å². The molecule has 0 aliphatic heterocycles. The van der Waals surface area contributed by atoms with Crippen molar-refractivity contribution in [2.24, 2.45) is 0 Å². The highest BCUT2D eigenvalue weighted by Gasteiger charge is 2.02. The van der Waals surface area contributed by atoms with Crippen LogP contribution < -0.4 is 10.1 Å². The van der Waals surface area contributed by atoms with Gasteiger partial charge in [0.05, 0.1) is 6.61 Å². The van der Waals surface area contributed by atoms with Crippen LogP contribution in [0.25, 0.3) is 6.08 Å². The van der Waals surface area contributed by atoms with E-state index in [0.29, 0.717) is 12.3 Å². The quantitative estimate of drug-likeness (QED) is 0.809. The van der Waals surface area contributed by atoms with Crippen molar-refractivity contribution >= 4 is 17.7 Å². The number of carbonyl (C=O) groups excluding carboxylic acids is 1. The maximum Gasteiger partial charge on any atom is 0.248 e. The number of hydrogen-bond acceptors (Lipinski definition) is 2. The van der Waals surface area contributed by atoms with Crippen LogP contribution in [0.4, 0.5) is 10.1 Å². The molecule has 114 valence electrons. The standard InChI is InChI=1S/C18H18FNO2/c1-2-12-22-17-9-4-3-6-14(17)10-11-18(21)20-16-8-5-7-15(19)13-16/h3-11,13H,2,12H2,1H3,(H,20,21)/b11-10+. The predicted octanol–water partition coefficient (Wildman–Crippen LogP) is 4.27. The Morgan fingerprint density at radius 1 is 1.23 bits per heavy atom. The highest BCUT2D eigenvalue weighted by atomic mass is 19.1. The van der Waals surface area contributed by atoms with Crippen molar-refractivity contribution in [2.45, 2.75) is 13.3 Å². The number of nitrogens with one attached hydrogen (secondary N) is 1. The van der Waals surface area contributed by atoms with E-state index >= 15 is 0 Å². The Labute approximate surface area is 129 Å². The van der Waals surface area contributed by atoms with Gasteiger partial charge in [-0.05, 0) is 36.8 Å². The molecule has 3 nitrogen and oxygen atoms in total. The van der Waals surface area contributed by atoms with E-state index in [9.17, 15) is 9.18 Å². The summed E-state index contributed by atoms with van der Waals surface area (Å²) < 4.78 is 18.7. The van der Waals surface area contributed by atoms with Gasteiger partial charge in [0.1, 0.15) is 11.6 Å². The Morgan fingerprint density at radius 3 is 2.82 bits per heavy atom. The number of carbonyl (C=O) groups is 1. The van der Waals surface area contributed by atoms with Crippen LogP contribution >= 0.6 is 0 Å². The molecule has 0 saturated heterocycles. The molecule has 1 amide bonds. The van der Waals surface area contributed by atoms with Crippen LogP contribution in [0.15, 0.2) is 54.6 Å². The predicted molar refractivity (Wildman–Crippen MR) is 86.3 cm³/mol. The number of hydrogen-bond donors (Lipinski definition) is 1. The lowest BCUT2D eigenvalue weighted by atomic mass is 10.2. The van der Waals surface area contributed by atoms with Crippen LogP contribution in [0.2, 0.25) is 0 Å². The maximum absolute atomic E-state index is 13.1. The van der Waals surface area contributed by atoms with Crippen molar-refractivity contribution in [1.82, 2.24) is 0 Å². The molecule has 0 bridgehead atoms. The van der Waals surface area contributed by atoms with E-state index < -0.39 is 0 Å². The van der Waals surface area contributed by atoms with Gasteiger partial charge in [-0.2, -0.15) is 0 Å². The van der Waals surface area contributed by atoms with Gasteiger partial charge >= 0.3 is 0 Å². The minimum Gasteiger partial charge on any atom is -0.493 e. The monoisotopic (exact) mass is 299 g/mol. The van der Waals surface area contributed by atoms with E-state index in [2.05, 4.69) is 5.32 Å². The molecule has 22 heavy (non-hydrogen) atoms. The van der Waals surface area contributed by atoms with Gasteiger partial charge in [-0.25, -0.2) is 4.39 Å². The summed E-state index contributed by atoms with van der Waals surface area (Å²) in [7, 11) is 0. The molecular formula is C18H18FNO2. The van der Waals surface area contributed by atoms with Crippen molar-refractivity contribution < 1.29 is 13.9 Å². The number of rotatable bonds is 6. The Bertz CT molecular complexity index is 668. The summed E-state index contributed by atoms with van der Waals surface area (Å²) in [5, 5.41) is 2.61. The van der Waals surface area contributed by atoms with Crippen molar-refractivity contribution in [3.63, 3.8) is 0 Å². The second kappa shape index (κ2) is 7.98. The van der Waals surface area contributed by atoms with Gasteiger partial charge in [-0.1, -0.05) is 31.2 Å². The second-order valence-electron chi connectivity index (χ2n) is 4.72. The molecule has 1 N–H and O–H groups in total. The molecule has 4 heteroatoms. The zero-order valence-corrected chi connectivity index (χ0v) is 12.4. The van der Waals surface area contributed by atoms with E-state index in [4.69, 9.17) is 4.74 Å². The highest BCUT2D eigenvalue weighted by molar-refractivity contribution is 6.02. The zero-order valence-electron chi connectivity index (χ0n) is 12.4. The third-order valence-corrected chi connectivity index (χ3v) is 2.89. The number of amides is 1. The van der Waals surface area contributed by atoms with Crippen molar-refractivity contribution in [3.05, 3.63) is 66.0 Å². The second-order valence-corrected chi connectivity index (χ2v) is 4.72. The van der Waals surface area contributed by atoms with Gasteiger partial charge in [0, 0.05) is 17.3 Å². The molecule has 0 radical (unpaired) electrons. The third-order valence-electron chi connectivity index (χ3n) is 2.89. The summed E-state index contributed by atoms with van der Waals surface area (Å²) in [4.78, 5) is 11.9. The Kier molecular flexibility index (Phi) is 5.72.